The summed E-state index contributed by atoms with van der Waals surface area (Å²) in [6, 6.07) is 30.2. The zero-order valence-corrected chi connectivity index (χ0v) is 18.0. The Balaban J connectivity index is 1.75. The molecular weight excluding hydrogens is 380 g/mol. The molecule has 0 aliphatic heterocycles. The predicted molar refractivity (Wildman–Crippen MR) is 129 cm³/mol. The van der Waals surface area contributed by atoms with E-state index in [2.05, 4.69) is 49.4 Å². The van der Waals surface area contributed by atoms with Crippen LogP contribution < -0.4 is 11.5 Å². The van der Waals surface area contributed by atoms with E-state index in [9.17, 15) is 5.11 Å². The lowest BCUT2D eigenvalue weighted by Crippen LogP contribution is -2.45. The highest BCUT2D eigenvalue weighted by Crippen LogP contribution is 2.34. The zero-order valence-electron chi connectivity index (χ0n) is 18.0. The number of fused-ring (bicyclic) bond motifs is 1. The first-order chi connectivity index (χ1) is 15.0. The van der Waals surface area contributed by atoms with E-state index in [-0.39, 0.29) is 0 Å². The predicted octanol–water partition coefficient (Wildman–Crippen LogP) is 4.82. The van der Waals surface area contributed by atoms with Crippen molar-refractivity contribution < 1.29 is 5.11 Å². The molecular formula is C28H30N2O. The molecule has 2 unspecified atom stereocenters. The molecule has 0 saturated heterocycles. The standard InChI is InChI=1S/C28H30N2O/c1-20-9-11-21(12-10-20)17-28(31,18-22-13-15-23(19-29)16-14-22)27(30)26-8-4-6-24-5-2-3-7-25(24)26/h2-16,27,31H,17-19,29-30H2,1H3. The van der Waals surface area contributed by atoms with Crippen molar-refractivity contribution in [1.82, 2.24) is 0 Å². The third-order valence-electron chi connectivity index (χ3n) is 6.14. The van der Waals surface area contributed by atoms with E-state index in [1.807, 2.05) is 48.5 Å². The summed E-state index contributed by atoms with van der Waals surface area (Å²) in [6.07, 6.45) is 0.923. The van der Waals surface area contributed by atoms with Gasteiger partial charge in [0, 0.05) is 19.4 Å². The number of rotatable bonds is 7. The third-order valence-corrected chi connectivity index (χ3v) is 6.14. The largest absolute Gasteiger partial charge is 0.387 e. The summed E-state index contributed by atoms with van der Waals surface area (Å²) in [5.41, 5.74) is 16.8. The van der Waals surface area contributed by atoms with Crippen LogP contribution in [0.1, 0.15) is 33.9 Å². The van der Waals surface area contributed by atoms with Gasteiger partial charge in [-0.15, -0.1) is 0 Å². The molecule has 0 heterocycles. The highest BCUT2D eigenvalue weighted by molar-refractivity contribution is 5.86. The number of nitrogens with two attached hydrogens (primary N) is 2. The van der Waals surface area contributed by atoms with Crippen LogP contribution in [0.2, 0.25) is 0 Å². The van der Waals surface area contributed by atoms with E-state index >= 15 is 0 Å². The molecule has 0 aromatic heterocycles. The number of hydrogen-bond donors (Lipinski definition) is 3. The Labute approximate surface area is 184 Å². The summed E-state index contributed by atoms with van der Waals surface area (Å²) in [5, 5.41) is 14.3. The zero-order chi connectivity index (χ0) is 21.8. The number of aliphatic hydroxyl groups is 1. The van der Waals surface area contributed by atoms with Crippen LogP contribution in [0.4, 0.5) is 0 Å². The minimum atomic E-state index is -1.15. The van der Waals surface area contributed by atoms with Crippen molar-refractivity contribution in [3.63, 3.8) is 0 Å². The Bertz CT molecular complexity index is 1150. The highest BCUT2D eigenvalue weighted by Gasteiger charge is 2.36. The lowest BCUT2D eigenvalue weighted by Gasteiger charge is -2.35. The first-order valence-electron chi connectivity index (χ1n) is 10.8. The number of hydrogen-bond acceptors (Lipinski definition) is 3. The van der Waals surface area contributed by atoms with Crippen LogP contribution in [-0.2, 0) is 19.4 Å². The molecule has 0 radical (unpaired) electrons. The molecule has 3 nitrogen and oxygen atoms in total. The molecule has 0 aliphatic rings. The second-order valence-corrected chi connectivity index (χ2v) is 8.51. The van der Waals surface area contributed by atoms with Crippen molar-refractivity contribution in [2.24, 2.45) is 11.5 Å². The molecule has 4 rings (SSSR count). The van der Waals surface area contributed by atoms with Gasteiger partial charge in [-0.2, -0.15) is 0 Å². The van der Waals surface area contributed by atoms with Crippen molar-refractivity contribution in [2.45, 2.75) is 38.0 Å². The minimum absolute atomic E-state index is 0.454. The van der Waals surface area contributed by atoms with Crippen molar-refractivity contribution in [3.05, 3.63) is 119 Å². The summed E-state index contributed by atoms with van der Waals surface area (Å²) >= 11 is 0. The van der Waals surface area contributed by atoms with Crippen molar-refractivity contribution in [3.8, 4) is 0 Å². The summed E-state index contributed by atoms with van der Waals surface area (Å²) in [5.74, 6) is 0. The van der Waals surface area contributed by atoms with Crippen molar-refractivity contribution in [1.29, 1.82) is 0 Å². The Morgan fingerprint density at radius 1 is 0.742 bits per heavy atom. The second-order valence-electron chi connectivity index (χ2n) is 8.51. The van der Waals surface area contributed by atoms with Crippen LogP contribution in [0.5, 0.6) is 0 Å². The van der Waals surface area contributed by atoms with Crippen LogP contribution in [0.25, 0.3) is 10.8 Å². The number of aryl methyl sites for hydroxylation is 1. The topological polar surface area (TPSA) is 72.3 Å². The van der Waals surface area contributed by atoms with Gasteiger partial charge in [-0.25, -0.2) is 0 Å². The smallest absolute Gasteiger partial charge is 0.0919 e. The van der Waals surface area contributed by atoms with Crippen molar-refractivity contribution >= 4 is 10.8 Å². The van der Waals surface area contributed by atoms with E-state index < -0.39 is 11.6 Å². The minimum Gasteiger partial charge on any atom is -0.387 e. The Morgan fingerprint density at radius 3 is 1.94 bits per heavy atom. The van der Waals surface area contributed by atoms with Crippen LogP contribution in [-0.4, -0.2) is 10.7 Å². The van der Waals surface area contributed by atoms with E-state index in [0.717, 1.165) is 33.0 Å². The average Bonchev–Trinajstić information content (AvgIpc) is 2.80. The maximum Gasteiger partial charge on any atom is 0.0919 e. The summed E-state index contributed by atoms with van der Waals surface area (Å²) in [6.45, 7) is 2.57. The van der Waals surface area contributed by atoms with Crippen molar-refractivity contribution in [2.75, 3.05) is 0 Å². The van der Waals surface area contributed by atoms with Gasteiger partial charge < -0.3 is 16.6 Å². The van der Waals surface area contributed by atoms with Gasteiger partial charge in [-0.1, -0.05) is 96.6 Å². The van der Waals surface area contributed by atoms with Crippen LogP contribution in [0, 0.1) is 6.92 Å². The second kappa shape index (κ2) is 9.03. The lowest BCUT2D eigenvalue weighted by molar-refractivity contribution is 0.0141. The van der Waals surface area contributed by atoms with E-state index in [1.165, 1.54) is 5.56 Å². The Hall–Kier alpha value is -2.98. The maximum atomic E-state index is 12.0. The van der Waals surface area contributed by atoms with Gasteiger partial charge in [0.25, 0.3) is 0 Å². The molecule has 0 amide bonds. The SMILES string of the molecule is Cc1ccc(CC(O)(Cc2ccc(CN)cc2)C(N)c2cccc3ccccc23)cc1. The maximum absolute atomic E-state index is 12.0. The first kappa shape index (κ1) is 21.3. The van der Waals surface area contributed by atoms with Gasteiger partial charge in [0.2, 0.25) is 0 Å². The molecule has 0 aliphatic carbocycles. The molecule has 2 atom stereocenters. The molecule has 31 heavy (non-hydrogen) atoms. The molecule has 0 saturated carbocycles. The lowest BCUT2D eigenvalue weighted by atomic mass is 9.78. The molecule has 0 bridgehead atoms. The van der Waals surface area contributed by atoms with E-state index in [4.69, 9.17) is 11.5 Å². The quantitative estimate of drug-likeness (QED) is 0.409. The van der Waals surface area contributed by atoms with Gasteiger partial charge in [0.15, 0.2) is 0 Å². The molecule has 3 heteroatoms. The van der Waals surface area contributed by atoms with Crippen LogP contribution in [0.3, 0.4) is 0 Å². The van der Waals surface area contributed by atoms with Gasteiger partial charge in [0.1, 0.15) is 0 Å². The molecule has 0 spiro atoms. The van der Waals surface area contributed by atoms with Crippen LogP contribution in [0.15, 0.2) is 91.0 Å². The first-order valence-corrected chi connectivity index (χ1v) is 10.8. The Morgan fingerprint density at radius 2 is 1.29 bits per heavy atom. The van der Waals surface area contributed by atoms with Gasteiger partial charge >= 0.3 is 0 Å². The van der Waals surface area contributed by atoms with Gasteiger partial charge in [0.05, 0.1) is 11.6 Å². The molecule has 5 N–H and O–H groups in total. The number of benzene rings is 4. The summed E-state index contributed by atoms with van der Waals surface area (Å²) in [7, 11) is 0. The van der Waals surface area contributed by atoms with Gasteiger partial charge in [-0.05, 0) is 39.9 Å². The van der Waals surface area contributed by atoms with Gasteiger partial charge in [-0.3, -0.25) is 0 Å². The highest BCUT2D eigenvalue weighted by atomic mass is 16.3. The molecule has 4 aromatic carbocycles. The fraction of sp³-hybridized carbons (Fsp3) is 0.214. The third kappa shape index (κ3) is 4.70. The molecule has 0 fully saturated rings. The normalized spacial score (nSPS) is 14.3. The van der Waals surface area contributed by atoms with E-state index in [0.29, 0.717) is 19.4 Å². The Kier molecular flexibility index (Phi) is 6.19. The summed E-state index contributed by atoms with van der Waals surface area (Å²) < 4.78 is 0. The molecule has 4 aromatic rings. The molecule has 158 valence electrons. The monoisotopic (exact) mass is 410 g/mol. The summed E-state index contributed by atoms with van der Waals surface area (Å²) in [4.78, 5) is 0. The fourth-order valence-electron chi connectivity index (χ4n) is 4.30. The average molecular weight is 411 g/mol. The fourth-order valence-corrected chi connectivity index (χ4v) is 4.30. The van der Waals surface area contributed by atoms with E-state index in [1.54, 1.807) is 0 Å². The van der Waals surface area contributed by atoms with Crippen LogP contribution >= 0.6 is 0 Å².